The third-order valence-electron chi connectivity index (χ3n) is 4.04. The third-order valence-corrected chi connectivity index (χ3v) is 6.86. The molecule has 1 aliphatic carbocycles. The van der Waals surface area contributed by atoms with Gasteiger partial charge in [0, 0.05) is 17.0 Å². The first-order chi connectivity index (χ1) is 12.0. The van der Waals surface area contributed by atoms with Gasteiger partial charge in [0.05, 0.1) is 5.56 Å². The fraction of sp³-hybridized carbons (Fsp3) is 0.294. The molecule has 1 N–H and O–H groups in total. The van der Waals surface area contributed by atoms with Crippen LogP contribution in [0.5, 0.6) is 0 Å². The Labute approximate surface area is 150 Å². The quantitative estimate of drug-likeness (QED) is 0.703. The van der Waals surface area contributed by atoms with E-state index in [1.165, 1.54) is 0 Å². The zero-order valence-electron chi connectivity index (χ0n) is 13.6. The Morgan fingerprint density at radius 2 is 2.12 bits per heavy atom. The molecule has 130 valence electrons. The average Bonchev–Trinajstić information content (AvgIpc) is 3.12. The highest BCUT2D eigenvalue weighted by atomic mass is 32.2. The highest BCUT2D eigenvalue weighted by molar-refractivity contribution is 7.94. The first-order valence-electron chi connectivity index (χ1n) is 8.09. The molecule has 0 saturated heterocycles. The van der Waals surface area contributed by atoms with E-state index in [1.807, 2.05) is 25.1 Å². The number of rotatable bonds is 6. The second-order valence-electron chi connectivity index (χ2n) is 6.03. The van der Waals surface area contributed by atoms with Crippen LogP contribution in [0.25, 0.3) is 11.5 Å². The fourth-order valence-electron chi connectivity index (χ4n) is 2.48. The van der Waals surface area contributed by atoms with E-state index in [0.717, 1.165) is 36.2 Å². The number of benzene rings is 1. The van der Waals surface area contributed by atoms with Crippen molar-refractivity contribution in [2.45, 2.75) is 36.3 Å². The zero-order chi connectivity index (χ0) is 17.4. The Morgan fingerprint density at radius 1 is 1.28 bits per heavy atom. The van der Waals surface area contributed by atoms with Crippen molar-refractivity contribution in [3.63, 3.8) is 0 Å². The smallest absolute Gasteiger partial charge is 0.271 e. The third kappa shape index (κ3) is 3.45. The molecular weight excluding hydrogens is 358 g/mol. The molecule has 1 aromatic carbocycles. The van der Waals surface area contributed by atoms with Crippen molar-refractivity contribution in [1.82, 2.24) is 10.2 Å². The van der Waals surface area contributed by atoms with Gasteiger partial charge in [0.2, 0.25) is 11.8 Å². The van der Waals surface area contributed by atoms with Crippen molar-refractivity contribution >= 4 is 27.0 Å². The monoisotopic (exact) mass is 375 g/mol. The van der Waals surface area contributed by atoms with E-state index in [-0.39, 0.29) is 4.21 Å². The molecule has 25 heavy (non-hydrogen) atoms. The number of hydrogen-bond donors (Lipinski definition) is 1. The first kappa shape index (κ1) is 16.3. The van der Waals surface area contributed by atoms with Gasteiger partial charge in [-0.25, -0.2) is 8.42 Å². The van der Waals surface area contributed by atoms with Gasteiger partial charge >= 0.3 is 0 Å². The lowest BCUT2D eigenvalue weighted by molar-refractivity contribution is 0.508. The minimum atomic E-state index is -3.64. The SMILES string of the molecule is CCc1cccc(NS(=O)(=O)c2cc(-c3nnc(C4CC4)o3)cs2)c1. The molecule has 0 aliphatic heterocycles. The fourth-order valence-corrected chi connectivity index (χ4v) is 4.68. The standard InChI is InChI=1S/C17H17N3O3S2/c1-2-11-4-3-5-14(8-11)20-25(21,22)15-9-13(10-24-15)17-19-18-16(23-17)12-6-7-12/h3-5,8-10,12,20H,2,6-7H2,1H3. The lowest BCUT2D eigenvalue weighted by atomic mass is 10.1. The maximum absolute atomic E-state index is 12.6. The summed E-state index contributed by atoms with van der Waals surface area (Å²) in [6.45, 7) is 2.03. The minimum absolute atomic E-state index is 0.218. The molecule has 0 amide bonds. The molecule has 0 radical (unpaired) electrons. The van der Waals surface area contributed by atoms with E-state index in [0.29, 0.717) is 29.0 Å². The summed E-state index contributed by atoms with van der Waals surface area (Å²) in [5.74, 6) is 1.38. The van der Waals surface area contributed by atoms with Gasteiger partial charge in [-0.3, -0.25) is 4.72 Å². The van der Waals surface area contributed by atoms with E-state index in [9.17, 15) is 8.42 Å². The summed E-state index contributed by atoms with van der Waals surface area (Å²) in [6.07, 6.45) is 3.00. The predicted octanol–water partition coefficient (Wildman–Crippen LogP) is 4.04. The number of anilines is 1. The van der Waals surface area contributed by atoms with E-state index in [4.69, 9.17) is 4.42 Å². The highest BCUT2D eigenvalue weighted by Gasteiger charge is 2.30. The Balaban J connectivity index is 1.56. The molecule has 0 bridgehead atoms. The summed E-state index contributed by atoms with van der Waals surface area (Å²) >= 11 is 1.14. The normalized spacial score (nSPS) is 14.6. The molecular formula is C17H17N3O3S2. The highest BCUT2D eigenvalue weighted by Crippen LogP contribution is 2.40. The van der Waals surface area contributed by atoms with Crippen LogP contribution in [0, 0.1) is 0 Å². The molecule has 0 atom stereocenters. The molecule has 1 aliphatic rings. The van der Waals surface area contributed by atoms with Crippen molar-refractivity contribution in [2.24, 2.45) is 0 Å². The summed E-state index contributed by atoms with van der Waals surface area (Å²) in [5.41, 5.74) is 2.26. The van der Waals surface area contributed by atoms with Crippen LogP contribution in [-0.2, 0) is 16.4 Å². The van der Waals surface area contributed by atoms with Crippen LogP contribution in [0.1, 0.15) is 37.1 Å². The number of aromatic nitrogens is 2. The summed E-state index contributed by atoms with van der Waals surface area (Å²) in [6, 6.07) is 8.96. The number of thiophene rings is 1. The Bertz CT molecular complexity index is 1000. The molecule has 0 spiro atoms. The van der Waals surface area contributed by atoms with Gasteiger partial charge in [-0.05, 0) is 43.0 Å². The van der Waals surface area contributed by atoms with Crippen LogP contribution in [0.3, 0.4) is 0 Å². The van der Waals surface area contributed by atoms with Crippen LogP contribution in [0.2, 0.25) is 0 Å². The van der Waals surface area contributed by atoms with Crippen molar-refractivity contribution in [3.05, 3.63) is 47.2 Å². The molecule has 8 heteroatoms. The number of nitrogens with one attached hydrogen (secondary N) is 1. The number of hydrogen-bond acceptors (Lipinski definition) is 6. The van der Waals surface area contributed by atoms with Gasteiger partial charge in [0.15, 0.2) is 0 Å². The number of sulfonamides is 1. The van der Waals surface area contributed by atoms with Crippen LogP contribution >= 0.6 is 11.3 Å². The lowest BCUT2D eigenvalue weighted by Crippen LogP contribution is -2.11. The van der Waals surface area contributed by atoms with E-state index < -0.39 is 10.0 Å². The first-order valence-corrected chi connectivity index (χ1v) is 10.5. The summed E-state index contributed by atoms with van der Waals surface area (Å²) in [4.78, 5) is 0. The maximum Gasteiger partial charge on any atom is 0.271 e. The number of aryl methyl sites for hydroxylation is 1. The minimum Gasteiger partial charge on any atom is -0.420 e. The molecule has 0 unspecified atom stereocenters. The zero-order valence-corrected chi connectivity index (χ0v) is 15.2. The van der Waals surface area contributed by atoms with Gasteiger partial charge in [-0.2, -0.15) is 0 Å². The predicted molar refractivity (Wildman–Crippen MR) is 96.2 cm³/mol. The van der Waals surface area contributed by atoms with Crippen molar-refractivity contribution in [2.75, 3.05) is 4.72 Å². The molecule has 3 aromatic rings. The number of nitrogens with zero attached hydrogens (tertiary/aromatic N) is 2. The Kier molecular flexibility index (Phi) is 4.09. The van der Waals surface area contributed by atoms with Crippen LogP contribution in [0.4, 0.5) is 5.69 Å². The van der Waals surface area contributed by atoms with Crippen LogP contribution in [-0.4, -0.2) is 18.6 Å². The van der Waals surface area contributed by atoms with Gasteiger partial charge in [0.1, 0.15) is 4.21 Å². The average molecular weight is 375 g/mol. The van der Waals surface area contributed by atoms with Crippen molar-refractivity contribution < 1.29 is 12.8 Å². The van der Waals surface area contributed by atoms with E-state index >= 15 is 0 Å². The molecule has 2 heterocycles. The summed E-state index contributed by atoms with van der Waals surface area (Å²) in [5, 5.41) is 9.78. The van der Waals surface area contributed by atoms with Gasteiger partial charge in [0.25, 0.3) is 10.0 Å². The molecule has 6 nitrogen and oxygen atoms in total. The lowest BCUT2D eigenvalue weighted by Gasteiger charge is -2.07. The largest absolute Gasteiger partial charge is 0.420 e. The van der Waals surface area contributed by atoms with Gasteiger partial charge < -0.3 is 4.42 Å². The van der Waals surface area contributed by atoms with E-state index in [1.54, 1.807) is 17.5 Å². The summed E-state index contributed by atoms with van der Waals surface area (Å²) < 4.78 is 33.7. The van der Waals surface area contributed by atoms with Crippen molar-refractivity contribution in [1.29, 1.82) is 0 Å². The van der Waals surface area contributed by atoms with Gasteiger partial charge in [-0.15, -0.1) is 21.5 Å². The van der Waals surface area contributed by atoms with Crippen LogP contribution < -0.4 is 4.72 Å². The summed E-state index contributed by atoms with van der Waals surface area (Å²) in [7, 11) is -3.64. The Morgan fingerprint density at radius 3 is 2.88 bits per heavy atom. The second-order valence-corrected chi connectivity index (χ2v) is 8.85. The van der Waals surface area contributed by atoms with Crippen molar-refractivity contribution in [3.8, 4) is 11.5 Å². The van der Waals surface area contributed by atoms with Crippen LogP contribution in [0.15, 0.2) is 44.3 Å². The van der Waals surface area contributed by atoms with E-state index in [2.05, 4.69) is 14.9 Å². The Hall–Kier alpha value is -2.19. The maximum atomic E-state index is 12.6. The molecule has 1 fully saturated rings. The second kappa shape index (κ2) is 6.27. The molecule has 4 rings (SSSR count). The topological polar surface area (TPSA) is 85.1 Å². The molecule has 2 aromatic heterocycles. The molecule has 1 saturated carbocycles. The van der Waals surface area contributed by atoms with Gasteiger partial charge in [-0.1, -0.05) is 19.1 Å².